The first-order valence-electron chi connectivity index (χ1n) is 7.06. The molecule has 126 valence electrons. The lowest BCUT2D eigenvalue weighted by Gasteiger charge is -2.26. The van der Waals surface area contributed by atoms with E-state index in [0.717, 1.165) is 18.1 Å². The van der Waals surface area contributed by atoms with Crippen molar-refractivity contribution in [3.8, 4) is 0 Å². The molecule has 0 aromatic carbocycles. The third-order valence-electron chi connectivity index (χ3n) is 3.54. The van der Waals surface area contributed by atoms with E-state index in [-0.39, 0.29) is 17.8 Å². The highest BCUT2D eigenvalue weighted by atomic mass is 32.1. The smallest absolute Gasteiger partial charge is 0.363 e. The van der Waals surface area contributed by atoms with Crippen LogP contribution in [0.15, 0.2) is 22.9 Å². The van der Waals surface area contributed by atoms with E-state index in [0.29, 0.717) is 0 Å². The summed E-state index contributed by atoms with van der Waals surface area (Å²) in [5, 5.41) is 4.01. The predicted molar refractivity (Wildman–Crippen MR) is 87.2 cm³/mol. The van der Waals surface area contributed by atoms with E-state index >= 15 is 0 Å². The Balaban J connectivity index is 2.31. The van der Waals surface area contributed by atoms with E-state index < -0.39 is 11.9 Å². The molecule has 0 aliphatic rings. The number of thiophene rings is 1. The molecule has 2 rings (SSSR count). The zero-order chi connectivity index (χ0) is 17.2. The minimum absolute atomic E-state index is 0.0249. The molecule has 0 N–H and O–H groups in total. The lowest BCUT2D eigenvalue weighted by molar-refractivity contribution is -0.141. The van der Waals surface area contributed by atoms with Gasteiger partial charge in [0.15, 0.2) is 5.69 Å². The van der Waals surface area contributed by atoms with Crippen molar-refractivity contribution >= 4 is 23.1 Å². The molecule has 2 heterocycles. The molecule has 1 unspecified atom stereocenters. The third-order valence-corrected chi connectivity index (χ3v) is 4.27. The highest BCUT2D eigenvalue weighted by molar-refractivity contribution is 7.07. The van der Waals surface area contributed by atoms with Crippen molar-refractivity contribution in [1.82, 2.24) is 9.97 Å². The molecule has 23 heavy (non-hydrogen) atoms. The van der Waals surface area contributed by atoms with Gasteiger partial charge < -0.3 is 9.80 Å². The van der Waals surface area contributed by atoms with Crippen LogP contribution >= 0.6 is 11.3 Å². The van der Waals surface area contributed by atoms with Gasteiger partial charge in [-0.2, -0.15) is 29.5 Å². The molecular weight excluding hydrogens is 325 g/mol. The van der Waals surface area contributed by atoms with Gasteiger partial charge in [-0.3, -0.25) is 0 Å². The lowest BCUT2D eigenvalue weighted by atomic mass is 10.1. The summed E-state index contributed by atoms with van der Waals surface area (Å²) in [6.45, 7) is 1.94. The van der Waals surface area contributed by atoms with Gasteiger partial charge >= 0.3 is 6.18 Å². The zero-order valence-electron chi connectivity index (χ0n) is 13.4. The van der Waals surface area contributed by atoms with Gasteiger partial charge in [-0.1, -0.05) is 0 Å². The van der Waals surface area contributed by atoms with Crippen molar-refractivity contribution in [3.05, 3.63) is 34.2 Å². The van der Waals surface area contributed by atoms with Crippen LogP contribution < -0.4 is 9.80 Å². The summed E-state index contributed by atoms with van der Waals surface area (Å²) in [6, 6.07) is 2.94. The van der Waals surface area contributed by atoms with E-state index in [9.17, 15) is 13.2 Å². The topological polar surface area (TPSA) is 32.3 Å². The number of alkyl halides is 3. The number of likely N-dealkylation sites (N-methyl/N-ethyl adjacent to an activating group) is 1. The Labute approximate surface area is 137 Å². The van der Waals surface area contributed by atoms with Gasteiger partial charge in [-0.05, 0) is 35.7 Å². The largest absolute Gasteiger partial charge is 0.433 e. The fraction of sp³-hybridized carbons (Fsp3) is 0.467. The predicted octanol–water partition coefficient (Wildman–Crippen LogP) is 3.69. The van der Waals surface area contributed by atoms with Crippen molar-refractivity contribution in [3.63, 3.8) is 0 Å². The summed E-state index contributed by atoms with van der Waals surface area (Å²) in [5.41, 5.74) is 0.218. The molecule has 0 fully saturated rings. The summed E-state index contributed by atoms with van der Waals surface area (Å²) >= 11 is 1.60. The minimum Gasteiger partial charge on any atom is -0.363 e. The molecule has 0 amide bonds. The maximum atomic E-state index is 13.1. The monoisotopic (exact) mass is 344 g/mol. The van der Waals surface area contributed by atoms with Crippen molar-refractivity contribution in [2.75, 3.05) is 30.9 Å². The quantitative estimate of drug-likeness (QED) is 0.828. The molecule has 0 saturated carbocycles. The molecule has 0 aliphatic carbocycles. The zero-order valence-corrected chi connectivity index (χ0v) is 14.2. The minimum atomic E-state index is -4.50. The summed E-state index contributed by atoms with van der Waals surface area (Å²) in [6.07, 6.45) is -3.78. The maximum absolute atomic E-state index is 13.1. The van der Waals surface area contributed by atoms with Crippen molar-refractivity contribution in [2.24, 2.45) is 0 Å². The summed E-state index contributed by atoms with van der Waals surface area (Å²) < 4.78 is 39.2. The van der Waals surface area contributed by atoms with E-state index in [1.54, 1.807) is 37.4 Å². The van der Waals surface area contributed by atoms with Crippen molar-refractivity contribution in [2.45, 2.75) is 25.6 Å². The van der Waals surface area contributed by atoms with Gasteiger partial charge in [0.25, 0.3) is 0 Å². The van der Waals surface area contributed by atoms with Crippen LogP contribution in [0.5, 0.6) is 0 Å². The number of aromatic nitrogens is 2. The number of nitrogens with zero attached hydrogens (tertiary/aromatic N) is 4. The highest BCUT2D eigenvalue weighted by Crippen LogP contribution is 2.31. The van der Waals surface area contributed by atoms with Crippen LogP contribution in [0.4, 0.5) is 24.9 Å². The average Bonchev–Trinajstić information content (AvgIpc) is 2.97. The fourth-order valence-corrected chi connectivity index (χ4v) is 2.72. The molecular formula is C15H19F3N4S. The normalized spacial score (nSPS) is 13.0. The number of hydrogen-bond acceptors (Lipinski definition) is 5. The van der Waals surface area contributed by atoms with Crippen LogP contribution in [0, 0.1) is 0 Å². The van der Waals surface area contributed by atoms with E-state index in [1.807, 2.05) is 23.8 Å². The van der Waals surface area contributed by atoms with Crippen LogP contribution in [-0.2, 0) is 12.6 Å². The standard InChI is InChI=1S/C15H19F3N4S/c1-10(7-11-5-6-23-9-11)22(4)14-19-12(15(16,17)18)8-13(20-14)21(2)3/h5-6,8-10H,7H2,1-4H3. The van der Waals surface area contributed by atoms with Crippen LogP contribution in [0.3, 0.4) is 0 Å². The van der Waals surface area contributed by atoms with Crippen LogP contribution in [0.2, 0.25) is 0 Å². The molecule has 0 radical (unpaired) electrons. The molecule has 4 nitrogen and oxygen atoms in total. The Morgan fingerprint density at radius 2 is 1.91 bits per heavy atom. The number of rotatable bonds is 5. The fourth-order valence-electron chi connectivity index (χ4n) is 2.04. The van der Waals surface area contributed by atoms with Gasteiger partial charge in [0.1, 0.15) is 5.82 Å². The molecule has 0 saturated heterocycles. The summed E-state index contributed by atoms with van der Waals surface area (Å²) in [7, 11) is 5.02. The highest BCUT2D eigenvalue weighted by Gasteiger charge is 2.34. The first-order valence-corrected chi connectivity index (χ1v) is 8.00. The molecule has 1 atom stereocenters. The Hall–Kier alpha value is -1.83. The summed E-state index contributed by atoms with van der Waals surface area (Å²) in [5.74, 6) is 0.308. The van der Waals surface area contributed by atoms with Crippen LogP contribution in [0.25, 0.3) is 0 Å². The van der Waals surface area contributed by atoms with Gasteiger partial charge in [-0.15, -0.1) is 0 Å². The Morgan fingerprint density at radius 3 is 2.43 bits per heavy atom. The maximum Gasteiger partial charge on any atom is 0.433 e. The third kappa shape index (κ3) is 4.34. The van der Waals surface area contributed by atoms with Crippen molar-refractivity contribution < 1.29 is 13.2 Å². The molecule has 8 heteroatoms. The molecule has 2 aromatic rings. The average molecular weight is 344 g/mol. The molecule has 0 spiro atoms. The number of hydrogen-bond donors (Lipinski definition) is 0. The molecule has 0 bridgehead atoms. The van der Waals surface area contributed by atoms with Gasteiger partial charge in [0, 0.05) is 33.3 Å². The summed E-state index contributed by atoms with van der Waals surface area (Å²) in [4.78, 5) is 11.2. The van der Waals surface area contributed by atoms with Gasteiger partial charge in [-0.25, -0.2) is 4.98 Å². The van der Waals surface area contributed by atoms with Crippen LogP contribution in [-0.4, -0.2) is 37.2 Å². The lowest BCUT2D eigenvalue weighted by Crippen LogP contribution is -2.33. The SMILES string of the molecule is CC(Cc1ccsc1)N(C)c1nc(N(C)C)cc(C(F)(F)F)n1. The Kier molecular flexibility index (Phi) is 5.13. The van der Waals surface area contributed by atoms with Crippen LogP contribution in [0.1, 0.15) is 18.2 Å². The van der Waals surface area contributed by atoms with E-state index in [1.165, 1.54) is 4.90 Å². The number of anilines is 2. The Morgan fingerprint density at radius 1 is 1.22 bits per heavy atom. The second kappa shape index (κ2) is 6.74. The Bertz CT molecular complexity index is 641. The molecule has 0 aliphatic heterocycles. The van der Waals surface area contributed by atoms with Gasteiger partial charge in [0.05, 0.1) is 0 Å². The van der Waals surface area contributed by atoms with E-state index in [2.05, 4.69) is 9.97 Å². The van der Waals surface area contributed by atoms with Crippen molar-refractivity contribution in [1.29, 1.82) is 0 Å². The first-order chi connectivity index (χ1) is 10.7. The second-order valence-corrected chi connectivity index (χ2v) is 6.38. The second-order valence-electron chi connectivity index (χ2n) is 5.60. The molecule has 2 aromatic heterocycles. The van der Waals surface area contributed by atoms with E-state index in [4.69, 9.17) is 0 Å². The first kappa shape index (κ1) is 17.5. The number of halogens is 3. The van der Waals surface area contributed by atoms with Gasteiger partial charge in [0.2, 0.25) is 5.95 Å².